The van der Waals surface area contributed by atoms with Crippen LogP contribution in [0.2, 0.25) is 10.2 Å². The molecule has 0 radical (unpaired) electrons. The number of para-hydroxylation sites is 1. The number of benzene rings is 1. The van der Waals surface area contributed by atoms with Crippen molar-refractivity contribution in [2.75, 3.05) is 4.90 Å². The highest BCUT2D eigenvalue weighted by molar-refractivity contribution is 6.54. The van der Waals surface area contributed by atoms with Gasteiger partial charge in [0.1, 0.15) is 28.5 Å². The summed E-state index contributed by atoms with van der Waals surface area (Å²) in [6.07, 6.45) is 0. The van der Waals surface area contributed by atoms with Gasteiger partial charge in [0, 0.05) is 0 Å². The van der Waals surface area contributed by atoms with E-state index in [9.17, 15) is 14.4 Å². The quantitative estimate of drug-likeness (QED) is 0.493. The summed E-state index contributed by atoms with van der Waals surface area (Å²) in [5, 5.41) is 4.07. The first-order chi connectivity index (χ1) is 12.5. The van der Waals surface area contributed by atoms with Crippen LogP contribution in [0.15, 0.2) is 47.6 Å². The smallest absolute Gasteiger partial charge is 0.259 e. The van der Waals surface area contributed by atoms with E-state index in [0.717, 1.165) is 4.90 Å². The Kier molecular flexibility index (Phi) is 3.97. The molecule has 9 heteroatoms. The molecule has 0 spiro atoms. The number of aromatic nitrogens is 1. The van der Waals surface area contributed by atoms with E-state index >= 15 is 0 Å². The van der Waals surface area contributed by atoms with E-state index < -0.39 is 29.6 Å². The lowest BCUT2D eigenvalue weighted by Crippen LogP contribution is -2.36. The average molecular weight is 389 g/mol. The molecule has 4 rings (SSSR count). The molecule has 2 atom stereocenters. The van der Waals surface area contributed by atoms with Crippen LogP contribution in [-0.4, -0.2) is 34.3 Å². The SMILES string of the molecule is O=C(C1=NN[C@@H]2C(=O)N(c3ccccc3)C(=O)[C@H]12)c1nc(Cl)ccc1Cl. The van der Waals surface area contributed by atoms with Gasteiger partial charge in [0.2, 0.25) is 11.7 Å². The first-order valence-electron chi connectivity index (χ1n) is 7.61. The van der Waals surface area contributed by atoms with Gasteiger partial charge in [-0.2, -0.15) is 5.10 Å². The number of ketones is 1. The Hall–Kier alpha value is -2.77. The number of imide groups is 1. The van der Waals surface area contributed by atoms with E-state index in [2.05, 4.69) is 15.5 Å². The lowest BCUT2D eigenvalue weighted by molar-refractivity contribution is -0.122. The third kappa shape index (κ3) is 2.48. The van der Waals surface area contributed by atoms with E-state index in [1.807, 2.05) is 0 Å². The molecule has 0 unspecified atom stereocenters. The number of nitrogens with one attached hydrogen (secondary N) is 1. The van der Waals surface area contributed by atoms with Crippen molar-refractivity contribution >= 4 is 52.2 Å². The van der Waals surface area contributed by atoms with Crippen molar-refractivity contribution in [3.8, 4) is 0 Å². The maximum Gasteiger partial charge on any atom is 0.259 e. The van der Waals surface area contributed by atoms with Gasteiger partial charge in [0.25, 0.3) is 5.91 Å². The van der Waals surface area contributed by atoms with Crippen molar-refractivity contribution in [1.82, 2.24) is 10.4 Å². The topological polar surface area (TPSA) is 91.7 Å². The van der Waals surface area contributed by atoms with Gasteiger partial charge in [0.15, 0.2) is 0 Å². The van der Waals surface area contributed by atoms with Gasteiger partial charge >= 0.3 is 0 Å². The molecule has 1 fully saturated rings. The van der Waals surface area contributed by atoms with E-state index in [4.69, 9.17) is 23.2 Å². The van der Waals surface area contributed by atoms with E-state index in [1.54, 1.807) is 30.3 Å². The van der Waals surface area contributed by atoms with Crippen molar-refractivity contribution in [3.05, 3.63) is 58.3 Å². The molecule has 26 heavy (non-hydrogen) atoms. The largest absolute Gasteiger partial charge is 0.296 e. The number of halogens is 2. The standard InChI is InChI=1S/C17H10Cl2N4O3/c18-9-6-7-10(19)20-12(9)15(24)13-11-14(22-21-13)17(26)23(16(11)25)8-4-2-1-3-5-8/h1-7,11,14,22H/t11-,14+/m1/s1. The van der Waals surface area contributed by atoms with Gasteiger partial charge in [-0.05, 0) is 24.3 Å². The Labute approximate surface area is 157 Å². The first kappa shape index (κ1) is 16.7. The summed E-state index contributed by atoms with van der Waals surface area (Å²) in [7, 11) is 0. The average Bonchev–Trinajstić information content (AvgIpc) is 3.18. The van der Waals surface area contributed by atoms with Crippen molar-refractivity contribution in [1.29, 1.82) is 0 Å². The number of carbonyl (C=O) groups excluding carboxylic acids is 3. The van der Waals surface area contributed by atoms with Crippen LogP contribution in [0.25, 0.3) is 0 Å². The van der Waals surface area contributed by atoms with Crippen molar-refractivity contribution < 1.29 is 14.4 Å². The predicted molar refractivity (Wildman–Crippen MR) is 95.4 cm³/mol. The Morgan fingerprint density at radius 2 is 1.77 bits per heavy atom. The highest BCUT2D eigenvalue weighted by atomic mass is 35.5. The number of Topliss-reactive ketones (excluding diaryl/α,β-unsaturated/α-hetero) is 1. The van der Waals surface area contributed by atoms with Crippen molar-refractivity contribution in [2.24, 2.45) is 11.0 Å². The molecule has 0 aliphatic carbocycles. The summed E-state index contributed by atoms with van der Waals surface area (Å²) in [5.41, 5.74) is 2.80. The molecule has 1 aromatic heterocycles. The molecule has 1 aromatic carbocycles. The van der Waals surface area contributed by atoms with Crippen molar-refractivity contribution in [2.45, 2.75) is 6.04 Å². The number of carbonyl (C=O) groups is 3. The van der Waals surface area contributed by atoms with Gasteiger partial charge in [0.05, 0.1) is 10.7 Å². The van der Waals surface area contributed by atoms with Crippen LogP contribution in [0.4, 0.5) is 5.69 Å². The second kappa shape index (κ2) is 6.19. The zero-order chi connectivity index (χ0) is 18.4. The Balaban J connectivity index is 1.70. The summed E-state index contributed by atoms with van der Waals surface area (Å²) in [5.74, 6) is -2.68. The first-order valence-corrected chi connectivity index (χ1v) is 8.37. The number of hydrogen-bond donors (Lipinski definition) is 1. The summed E-state index contributed by atoms with van der Waals surface area (Å²) in [6, 6.07) is 10.4. The highest BCUT2D eigenvalue weighted by Crippen LogP contribution is 2.32. The zero-order valence-electron chi connectivity index (χ0n) is 13.0. The minimum absolute atomic E-state index is 0.0839. The number of amides is 2. The van der Waals surface area contributed by atoms with Crippen molar-refractivity contribution in [3.63, 3.8) is 0 Å². The summed E-state index contributed by atoms with van der Waals surface area (Å²) >= 11 is 11.8. The Bertz CT molecular complexity index is 977. The summed E-state index contributed by atoms with van der Waals surface area (Å²) in [6.45, 7) is 0. The van der Waals surface area contributed by atoms with Crippen LogP contribution in [-0.2, 0) is 9.59 Å². The van der Waals surface area contributed by atoms with E-state index in [1.165, 1.54) is 12.1 Å². The second-order valence-corrected chi connectivity index (χ2v) is 6.52. The molecular weight excluding hydrogens is 379 g/mol. The maximum absolute atomic E-state index is 12.8. The fourth-order valence-corrected chi connectivity index (χ4v) is 3.35. The maximum atomic E-state index is 12.8. The van der Waals surface area contributed by atoms with Gasteiger partial charge in [-0.15, -0.1) is 0 Å². The fraction of sp³-hybridized carbons (Fsp3) is 0.118. The van der Waals surface area contributed by atoms with Crippen LogP contribution in [0, 0.1) is 5.92 Å². The lowest BCUT2D eigenvalue weighted by Gasteiger charge is -2.15. The monoisotopic (exact) mass is 388 g/mol. The summed E-state index contributed by atoms with van der Waals surface area (Å²) in [4.78, 5) is 43.2. The number of pyridine rings is 1. The molecule has 2 aliphatic rings. The minimum atomic E-state index is -1.04. The van der Waals surface area contributed by atoms with Crippen LogP contribution >= 0.6 is 23.2 Å². The number of fused-ring (bicyclic) bond motifs is 1. The number of hydrazone groups is 1. The number of anilines is 1. The molecule has 130 valence electrons. The molecule has 2 aromatic rings. The van der Waals surface area contributed by atoms with Crippen LogP contribution in [0.5, 0.6) is 0 Å². The molecule has 2 amide bonds. The molecule has 2 aliphatic heterocycles. The Morgan fingerprint density at radius 1 is 1.04 bits per heavy atom. The lowest BCUT2D eigenvalue weighted by atomic mass is 9.94. The molecule has 7 nitrogen and oxygen atoms in total. The summed E-state index contributed by atoms with van der Waals surface area (Å²) < 4.78 is 0. The van der Waals surface area contributed by atoms with Crippen LogP contribution in [0.1, 0.15) is 10.5 Å². The second-order valence-electron chi connectivity index (χ2n) is 5.72. The zero-order valence-corrected chi connectivity index (χ0v) is 14.5. The van der Waals surface area contributed by atoms with Gasteiger partial charge in [-0.25, -0.2) is 9.88 Å². The van der Waals surface area contributed by atoms with Crippen LogP contribution < -0.4 is 10.3 Å². The van der Waals surface area contributed by atoms with E-state index in [0.29, 0.717) is 5.69 Å². The molecular formula is C17H10Cl2N4O3. The number of rotatable bonds is 3. The molecule has 3 heterocycles. The van der Waals surface area contributed by atoms with E-state index in [-0.39, 0.29) is 21.6 Å². The van der Waals surface area contributed by atoms with Gasteiger partial charge in [-0.1, -0.05) is 41.4 Å². The minimum Gasteiger partial charge on any atom is -0.296 e. The normalized spacial score (nSPS) is 21.5. The van der Waals surface area contributed by atoms with Gasteiger partial charge in [-0.3, -0.25) is 19.8 Å². The van der Waals surface area contributed by atoms with Gasteiger partial charge < -0.3 is 0 Å². The number of nitrogens with zero attached hydrogens (tertiary/aromatic N) is 3. The highest BCUT2D eigenvalue weighted by Gasteiger charge is 2.55. The van der Waals surface area contributed by atoms with Crippen LogP contribution in [0.3, 0.4) is 0 Å². The molecule has 1 saturated heterocycles. The number of hydrogen-bond acceptors (Lipinski definition) is 6. The molecule has 0 saturated carbocycles. The molecule has 1 N–H and O–H groups in total. The fourth-order valence-electron chi connectivity index (χ4n) is 3.01. The third-order valence-corrected chi connectivity index (χ3v) is 4.71. The third-order valence-electron chi connectivity index (χ3n) is 4.20. The predicted octanol–water partition coefficient (Wildman–Crippen LogP) is 2.09. The molecule has 0 bridgehead atoms. The Morgan fingerprint density at radius 3 is 2.50 bits per heavy atom.